The molecule has 0 radical (unpaired) electrons. The molecule has 2 aromatic carbocycles. The van der Waals surface area contributed by atoms with Gasteiger partial charge in [-0.2, -0.15) is 13.2 Å². The molecule has 0 unspecified atom stereocenters. The summed E-state index contributed by atoms with van der Waals surface area (Å²) >= 11 is 6.08. The smallest absolute Gasteiger partial charge is 0.416 e. The van der Waals surface area contributed by atoms with Gasteiger partial charge in [0.1, 0.15) is 23.9 Å². The van der Waals surface area contributed by atoms with Crippen molar-refractivity contribution in [3.63, 3.8) is 0 Å². The number of nitrogens with one attached hydrogen (secondary N) is 2. The summed E-state index contributed by atoms with van der Waals surface area (Å²) in [4.78, 5) is 18.8. The van der Waals surface area contributed by atoms with Crippen LogP contribution < -0.4 is 19.7 Å². The molecular weight excluding hydrogens is 664 g/mol. The van der Waals surface area contributed by atoms with E-state index in [1.807, 2.05) is 0 Å². The predicted octanol–water partition coefficient (Wildman–Crippen LogP) is 6.56. The molecule has 4 aromatic rings. The highest BCUT2D eigenvalue weighted by Gasteiger charge is 2.44. The Kier molecular flexibility index (Phi) is 8.63. The molecule has 1 amide bonds. The Labute approximate surface area is 263 Å². The molecule has 0 aliphatic carbocycles. The fourth-order valence-corrected chi connectivity index (χ4v) is 5.51. The molecule has 2 N–H and O–H groups in total. The maximum atomic E-state index is 14.0. The lowest BCUT2D eigenvalue weighted by atomic mass is 10.1. The summed E-state index contributed by atoms with van der Waals surface area (Å²) in [5, 5.41) is 2.76. The number of nitrogens with zero attached hydrogens (tertiary/aromatic N) is 3. The highest BCUT2D eigenvalue weighted by Crippen LogP contribution is 2.38. The first kappa shape index (κ1) is 32.9. The Balaban J connectivity index is 1.44. The van der Waals surface area contributed by atoms with Gasteiger partial charge in [0.05, 0.1) is 53.7 Å². The van der Waals surface area contributed by atoms with Crippen LogP contribution in [0.3, 0.4) is 0 Å². The third-order valence-corrected chi connectivity index (χ3v) is 7.52. The lowest BCUT2D eigenvalue weighted by Gasteiger charge is -2.40. The summed E-state index contributed by atoms with van der Waals surface area (Å²) in [6.07, 6.45) is -1.09. The molecule has 1 aliphatic heterocycles. The van der Waals surface area contributed by atoms with Crippen LogP contribution in [0.25, 0.3) is 11.4 Å². The van der Waals surface area contributed by atoms with Gasteiger partial charge in [0.15, 0.2) is 0 Å². The molecule has 2 aromatic heterocycles. The molecule has 3 heterocycles. The van der Waals surface area contributed by atoms with Crippen molar-refractivity contribution in [3.8, 4) is 17.1 Å². The van der Waals surface area contributed by atoms with Crippen LogP contribution >= 0.6 is 11.6 Å². The summed E-state index contributed by atoms with van der Waals surface area (Å²) in [6.45, 7) is -1.68. The van der Waals surface area contributed by atoms with Crippen LogP contribution in [0, 0.1) is 5.82 Å². The number of benzene rings is 2. The number of aryl methyl sites for hydroxylation is 1. The fraction of sp³-hybridized carbons (Fsp3) is 0.241. The first-order chi connectivity index (χ1) is 21.3. The number of halogens is 7. The minimum atomic E-state index is -4.80. The zero-order chi connectivity index (χ0) is 33.6. The number of anilines is 3. The van der Waals surface area contributed by atoms with Gasteiger partial charge in [0, 0.05) is 30.0 Å². The zero-order valence-corrected chi connectivity index (χ0v) is 25.5. The van der Waals surface area contributed by atoms with Crippen molar-refractivity contribution < 1.29 is 44.3 Å². The number of hydrogen-bond donors (Lipinski definition) is 2. The third-order valence-electron chi connectivity index (χ3n) is 6.70. The average molecular weight is 688 g/mol. The van der Waals surface area contributed by atoms with Gasteiger partial charge in [-0.05, 0) is 48.0 Å². The molecule has 244 valence electrons. The lowest BCUT2D eigenvalue weighted by molar-refractivity contribution is -0.137. The van der Waals surface area contributed by atoms with E-state index in [1.54, 1.807) is 7.05 Å². The molecule has 1 fully saturated rings. The molecule has 1 saturated heterocycles. The Bertz CT molecular complexity index is 1930. The van der Waals surface area contributed by atoms with E-state index in [0.717, 1.165) is 18.4 Å². The first-order valence-electron chi connectivity index (χ1n) is 13.2. The molecule has 17 heteroatoms. The number of rotatable bonds is 9. The molecule has 0 atom stereocenters. The van der Waals surface area contributed by atoms with E-state index in [2.05, 4.69) is 15.0 Å². The minimum Gasteiger partial charge on any atom is -0.486 e. The Hall–Kier alpha value is -4.44. The van der Waals surface area contributed by atoms with Crippen LogP contribution in [0.2, 0.25) is 5.02 Å². The van der Waals surface area contributed by atoms with Crippen LogP contribution in [0.4, 0.5) is 43.4 Å². The molecular formula is C29H24ClF6N5O4S. The number of hydrogen-bond acceptors (Lipinski definition) is 6. The van der Waals surface area contributed by atoms with E-state index in [1.165, 1.54) is 52.2 Å². The van der Waals surface area contributed by atoms with E-state index in [-0.39, 0.29) is 44.7 Å². The largest absolute Gasteiger partial charge is 0.486 e. The summed E-state index contributed by atoms with van der Waals surface area (Å²) in [7, 11) is -2.05. The number of amides is 1. The number of pyridine rings is 1. The maximum absolute atomic E-state index is 14.0. The van der Waals surface area contributed by atoms with Gasteiger partial charge in [-0.15, -0.1) is 0 Å². The Morgan fingerprint density at radius 2 is 1.76 bits per heavy atom. The highest BCUT2D eigenvalue weighted by molar-refractivity contribution is 7.92. The second-order valence-corrected chi connectivity index (χ2v) is 12.9. The lowest BCUT2D eigenvalue weighted by Crippen LogP contribution is -2.56. The van der Waals surface area contributed by atoms with Crippen LogP contribution in [-0.4, -0.2) is 49.1 Å². The van der Waals surface area contributed by atoms with E-state index >= 15 is 0 Å². The van der Waals surface area contributed by atoms with Crippen LogP contribution in [-0.2, 0) is 29.9 Å². The van der Waals surface area contributed by atoms with Gasteiger partial charge in [-0.1, -0.05) is 11.6 Å². The van der Waals surface area contributed by atoms with Gasteiger partial charge < -0.3 is 19.5 Å². The van der Waals surface area contributed by atoms with Gasteiger partial charge in [0.25, 0.3) is 11.8 Å². The molecule has 0 bridgehead atoms. The highest BCUT2D eigenvalue weighted by atomic mass is 35.5. The van der Waals surface area contributed by atoms with Crippen LogP contribution in [0.1, 0.15) is 21.5 Å². The number of ether oxygens (including phenoxy) is 1. The normalized spacial score (nSPS) is 14.5. The van der Waals surface area contributed by atoms with E-state index in [0.29, 0.717) is 11.8 Å². The topological polar surface area (TPSA) is 106 Å². The summed E-state index contributed by atoms with van der Waals surface area (Å²) in [5.41, 5.74) is -0.254. The molecule has 0 spiro atoms. The van der Waals surface area contributed by atoms with Crippen molar-refractivity contribution in [2.45, 2.75) is 18.7 Å². The number of carbonyl (C=O) groups excluding carboxylic acids is 1. The molecule has 0 saturated carbocycles. The van der Waals surface area contributed by atoms with Gasteiger partial charge in [-0.3, -0.25) is 9.52 Å². The van der Waals surface area contributed by atoms with Crippen molar-refractivity contribution in [2.24, 2.45) is 7.05 Å². The summed E-state index contributed by atoms with van der Waals surface area (Å²) < 4.78 is 114. The molecule has 5 rings (SSSR count). The second-order valence-electron chi connectivity index (χ2n) is 10.7. The fourth-order valence-electron chi connectivity index (χ4n) is 4.72. The molecule has 1 aliphatic rings. The quantitative estimate of drug-likeness (QED) is 0.193. The van der Waals surface area contributed by atoms with Crippen molar-refractivity contribution in [2.75, 3.05) is 34.3 Å². The number of sulfonamides is 1. The molecule has 9 nitrogen and oxygen atoms in total. The predicted molar refractivity (Wildman–Crippen MR) is 159 cm³/mol. The SMILES string of the molecule is Cn1cc(C(=O)Nc2cc(Cl)cc(NS(C)(=O)=O)c2)cc1-c1ncc(N2CC(F)(F)C2)cc1OCc1cc(F)cc(C(F)(F)F)c1. The Morgan fingerprint density at radius 3 is 2.41 bits per heavy atom. The minimum absolute atomic E-state index is 0.0231. The Morgan fingerprint density at radius 1 is 1.07 bits per heavy atom. The first-order valence-corrected chi connectivity index (χ1v) is 15.5. The van der Waals surface area contributed by atoms with E-state index in [4.69, 9.17) is 16.3 Å². The standard InChI is InChI=1S/C29H24ClF6N5O4S/c1-40-12-17(27(42)38-21-7-19(30)8-22(9-21)39-46(2,43)44)5-24(40)26-25(10-23(11-37-26)41-14-28(32,33)15-41)45-13-16-3-18(29(34,35)36)6-20(31)4-16/h3-12,39H,13-15H2,1-2H3,(H,38,42). The summed E-state index contributed by atoms with van der Waals surface area (Å²) in [5.74, 6) is -4.67. The van der Waals surface area contributed by atoms with Gasteiger partial charge in [-0.25, -0.2) is 26.6 Å². The van der Waals surface area contributed by atoms with E-state index in [9.17, 15) is 39.6 Å². The van der Waals surface area contributed by atoms with Crippen LogP contribution in [0.15, 0.2) is 60.9 Å². The average Bonchev–Trinajstić information content (AvgIpc) is 3.29. The number of carbonyl (C=O) groups is 1. The summed E-state index contributed by atoms with van der Waals surface area (Å²) in [6, 6.07) is 8.89. The zero-order valence-electron chi connectivity index (χ0n) is 23.9. The van der Waals surface area contributed by atoms with Crippen molar-refractivity contribution in [3.05, 3.63) is 88.5 Å². The third kappa shape index (κ3) is 7.85. The van der Waals surface area contributed by atoms with Crippen molar-refractivity contribution in [1.82, 2.24) is 9.55 Å². The molecule has 46 heavy (non-hydrogen) atoms. The second kappa shape index (κ2) is 12.1. The van der Waals surface area contributed by atoms with Gasteiger partial charge in [0.2, 0.25) is 10.0 Å². The van der Waals surface area contributed by atoms with Gasteiger partial charge >= 0.3 is 6.18 Å². The number of alkyl halides is 5. The van der Waals surface area contributed by atoms with Crippen LogP contribution in [0.5, 0.6) is 5.75 Å². The van der Waals surface area contributed by atoms with Crippen molar-refractivity contribution in [1.29, 1.82) is 0 Å². The maximum Gasteiger partial charge on any atom is 0.416 e. The van der Waals surface area contributed by atoms with Crippen molar-refractivity contribution >= 4 is 44.6 Å². The monoisotopic (exact) mass is 687 g/mol. The van der Waals surface area contributed by atoms with E-state index < -0.39 is 59.1 Å². The number of aromatic nitrogens is 2.